The monoisotopic (exact) mass is 288 g/mol. The van der Waals surface area contributed by atoms with Crippen molar-refractivity contribution in [3.8, 4) is 0 Å². The Balaban J connectivity index is 1.85. The van der Waals surface area contributed by atoms with Gasteiger partial charge >= 0.3 is 12.0 Å². The van der Waals surface area contributed by atoms with Crippen molar-refractivity contribution in [1.29, 1.82) is 0 Å². The molecule has 8 heteroatoms. The van der Waals surface area contributed by atoms with E-state index in [-0.39, 0.29) is 18.8 Å². The number of rotatable bonds is 4. The van der Waals surface area contributed by atoms with Crippen LogP contribution in [0.3, 0.4) is 0 Å². The van der Waals surface area contributed by atoms with Gasteiger partial charge in [-0.25, -0.2) is 9.59 Å². The van der Waals surface area contributed by atoms with E-state index in [1.165, 1.54) is 12.0 Å². The Morgan fingerprint density at radius 3 is 2.85 bits per heavy atom. The SMILES string of the molecule is COC1CC(C(=O)O)N(C(=O)NCC2COCCO2)C1. The van der Waals surface area contributed by atoms with E-state index >= 15 is 0 Å². The van der Waals surface area contributed by atoms with Gasteiger partial charge in [-0.05, 0) is 0 Å². The van der Waals surface area contributed by atoms with Crippen molar-refractivity contribution in [2.45, 2.75) is 24.7 Å². The smallest absolute Gasteiger partial charge is 0.326 e. The highest BCUT2D eigenvalue weighted by atomic mass is 16.6. The van der Waals surface area contributed by atoms with Crippen molar-refractivity contribution in [3.05, 3.63) is 0 Å². The Labute approximate surface area is 117 Å². The maximum atomic E-state index is 12.1. The van der Waals surface area contributed by atoms with Crippen molar-refractivity contribution in [2.24, 2.45) is 0 Å². The lowest BCUT2D eigenvalue weighted by molar-refractivity contribution is -0.141. The minimum absolute atomic E-state index is 0.184. The van der Waals surface area contributed by atoms with Crippen molar-refractivity contribution >= 4 is 12.0 Å². The number of hydrogen-bond donors (Lipinski definition) is 2. The molecule has 3 unspecified atom stereocenters. The van der Waals surface area contributed by atoms with Gasteiger partial charge in [0.2, 0.25) is 0 Å². The van der Waals surface area contributed by atoms with Crippen LogP contribution in [0, 0.1) is 0 Å². The van der Waals surface area contributed by atoms with Gasteiger partial charge in [-0.2, -0.15) is 0 Å². The number of amides is 2. The van der Waals surface area contributed by atoms with Crippen LogP contribution >= 0.6 is 0 Å². The lowest BCUT2D eigenvalue weighted by Gasteiger charge is -2.26. The highest BCUT2D eigenvalue weighted by Crippen LogP contribution is 2.20. The van der Waals surface area contributed by atoms with E-state index in [0.29, 0.717) is 32.8 Å². The summed E-state index contributed by atoms with van der Waals surface area (Å²) < 4.78 is 15.8. The maximum Gasteiger partial charge on any atom is 0.326 e. The summed E-state index contributed by atoms with van der Waals surface area (Å²) in [6.45, 7) is 2.09. The topological polar surface area (TPSA) is 97.3 Å². The fourth-order valence-electron chi connectivity index (χ4n) is 2.38. The summed E-state index contributed by atoms with van der Waals surface area (Å²) in [7, 11) is 1.51. The fourth-order valence-corrected chi connectivity index (χ4v) is 2.38. The summed E-state index contributed by atoms with van der Waals surface area (Å²) in [5, 5.41) is 11.8. The number of methoxy groups -OCH3 is 1. The number of carboxylic acids is 1. The number of carbonyl (C=O) groups is 2. The van der Waals surface area contributed by atoms with Gasteiger partial charge in [0.05, 0.1) is 32.0 Å². The molecule has 114 valence electrons. The van der Waals surface area contributed by atoms with Crippen molar-refractivity contribution in [3.63, 3.8) is 0 Å². The lowest BCUT2D eigenvalue weighted by Crippen LogP contribution is -2.49. The van der Waals surface area contributed by atoms with E-state index < -0.39 is 18.0 Å². The molecule has 2 aliphatic heterocycles. The highest BCUT2D eigenvalue weighted by molar-refractivity contribution is 5.83. The number of nitrogens with one attached hydrogen (secondary N) is 1. The maximum absolute atomic E-state index is 12.1. The van der Waals surface area contributed by atoms with Crippen LogP contribution in [0.25, 0.3) is 0 Å². The lowest BCUT2D eigenvalue weighted by atomic mass is 10.2. The summed E-state index contributed by atoms with van der Waals surface area (Å²) in [6.07, 6.45) is -0.115. The van der Waals surface area contributed by atoms with E-state index in [2.05, 4.69) is 5.32 Å². The van der Waals surface area contributed by atoms with Crippen LogP contribution in [-0.2, 0) is 19.0 Å². The van der Waals surface area contributed by atoms with Gasteiger partial charge < -0.3 is 29.5 Å². The van der Waals surface area contributed by atoms with Gasteiger partial charge in [0.1, 0.15) is 6.04 Å². The van der Waals surface area contributed by atoms with Crippen LogP contribution in [0.5, 0.6) is 0 Å². The van der Waals surface area contributed by atoms with Crippen molar-refractivity contribution < 1.29 is 28.9 Å². The van der Waals surface area contributed by atoms with Crippen molar-refractivity contribution in [2.75, 3.05) is 40.0 Å². The molecule has 2 heterocycles. The van der Waals surface area contributed by atoms with E-state index in [0.717, 1.165) is 0 Å². The zero-order chi connectivity index (χ0) is 14.5. The van der Waals surface area contributed by atoms with Gasteiger partial charge in [-0.15, -0.1) is 0 Å². The summed E-state index contributed by atoms with van der Waals surface area (Å²) in [6, 6.07) is -1.26. The third-order valence-corrected chi connectivity index (χ3v) is 3.51. The molecule has 0 aromatic heterocycles. The molecule has 0 aliphatic carbocycles. The number of hydrogen-bond acceptors (Lipinski definition) is 5. The molecule has 0 radical (unpaired) electrons. The molecule has 2 aliphatic rings. The molecular weight excluding hydrogens is 268 g/mol. The largest absolute Gasteiger partial charge is 0.480 e. The number of aliphatic carboxylic acids is 1. The van der Waals surface area contributed by atoms with Gasteiger partial charge in [-0.1, -0.05) is 0 Å². The predicted molar refractivity (Wildman–Crippen MR) is 67.5 cm³/mol. The van der Waals surface area contributed by atoms with Crippen LogP contribution in [0.15, 0.2) is 0 Å². The highest BCUT2D eigenvalue weighted by Gasteiger charge is 2.39. The van der Waals surface area contributed by atoms with Crippen LogP contribution in [0.4, 0.5) is 4.79 Å². The Morgan fingerprint density at radius 1 is 1.45 bits per heavy atom. The van der Waals surface area contributed by atoms with Crippen LogP contribution < -0.4 is 5.32 Å². The van der Waals surface area contributed by atoms with Crippen LogP contribution in [0.1, 0.15) is 6.42 Å². The summed E-state index contributed by atoms with van der Waals surface area (Å²) in [5.74, 6) is -1.02. The number of carbonyl (C=O) groups excluding carboxylic acids is 1. The van der Waals surface area contributed by atoms with Gasteiger partial charge in [-0.3, -0.25) is 0 Å². The molecular formula is C12H20N2O6. The molecule has 2 amide bonds. The minimum atomic E-state index is -1.02. The second-order valence-electron chi connectivity index (χ2n) is 4.85. The first-order chi connectivity index (χ1) is 9.61. The van der Waals surface area contributed by atoms with E-state index in [1.807, 2.05) is 0 Å². The molecule has 0 saturated carbocycles. The van der Waals surface area contributed by atoms with E-state index in [4.69, 9.17) is 19.3 Å². The molecule has 8 nitrogen and oxygen atoms in total. The molecule has 20 heavy (non-hydrogen) atoms. The van der Waals surface area contributed by atoms with Crippen molar-refractivity contribution in [1.82, 2.24) is 10.2 Å². The summed E-state index contributed by atoms with van der Waals surface area (Å²) >= 11 is 0. The second kappa shape index (κ2) is 6.87. The molecule has 0 aromatic rings. The summed E-state index contributed by atoms with van der Waals surface area (Å²) in [5.41, 5.74) is 0. The van der Waals surface area contributed by atoms with Crippen LogP contribution in [-0.4, -0.2) is 80.3 Å². The Kier molecular flexibility index (Phi) is 5.16. The standard InChI is InChI=1S/C12H20N2O6/c1-18-8-4-10(11(15)16)14(6-8)12(17)13-5-9-7-19-2-3-20-9/h8-10H,2-7H2,1H3,(H,13,17)(H,15,16). The molecule has 2 fully saturated rings. The van der Waals surface area contributed by atoms with Crippen LogP contribution in [0.2, 0.25) is 0 Å². The Bertz CT molecular complexity index is 358. The molecule has 2 N–H and O–H groups in total. The molecule has 2 rings (SSSR count). The Morgan fingerprint density at radius 2 is 2.25 bits per heavy atom. The molecule has 0 aromatic carbocycles. The zero-order valence-electron chi connectivity index (χ0n) is 11.4. The quantitative estimate of drug-likeness (QED) is 0.709. The number of carboxylic acid groups (broad SMARTS) is 1. The fraction of sp³-hybridized carbons (Fsp3) is 0.833. The normalized spacial score (nSPS) is 30.2. The first-order valence-electron chi connectivity index (χ1n) is 6.61. The number of urea groups is 1. The average molecular weight is 288 g/mol. The average Bonchev–Trinajstić information content (AvgIpc) is 2.90. The molecule has 0 spiro atoms. The van der Waals surface area contributed by atoms with Gasteiger partial charge in [0.25, 0.3) is 0 Å². The zero-order valence-corrected chi connectivity index (χ0v) is 11.4. The molecule has 0 bridgehead atoms. The van der Waals surface area contributed by atoms with E-state index in [9.17, 15) is 9.59 Å². The second-order valence-corrected chi connectivity index (χ2v) is 4.85. The number of nitrogens with zero attached hydrogens (tertiary/aromatic N) is 1. The minimum Gasteiger partial charge on any atom is -0.480 e. The predicted octanol–water partition coefficient (Wildman–Crippen LogP) is -0.715. The van der Waals surface area contributed by atoms with Gasteiger partial charge in [0.15, 0.2) is 0 Å². The number of likely N-dealkylation sites (tertiary alicyclic amines) is 1. The summed E-state index contributed by atoms with van der Waals surface area (Å²) in [4.78, 5) is 24.5. The molecule has 3 atom stereocenters. The molecule has 2 saturated heterocycles. The van der Waals surface area contributed by atoms with E-state index in [1.54, 1.807) is 0 Å². The van der Waals surface area contributed by atoms with Gasteiger partial charge in [0, 0.05) is 26.6 Å². The third-order valence-electron chi connectivity index (χ3n) is 3.51. The third kappa shape index (κ3) is 3.59. The first-order valence-corrected chi connectivity index (χ1v) is 6.61. The first kappa shape index (κ1) is 15.0. The number of ether oxygens (including phenoxy) is 3. The Hall–Kier alpha value is -1.38.